The zero-order chi connectivity index (χ0) is 23.0. The Morgan fingerprint density at radius 1 is 0.710 bits per heavy atom. The maximum absolute atomic E-state index is 10.3. The van der Waals surface area contributed by atoms with Crippen molar-refractivity contribution in [2.45, 2.75) is 60.8 Å². The van der Waals surface area contributed by atoms with Gasteiger partial charge in [-0.3, -0.25) is 9.98 Å². The molecule has 0 spiro atoms. The van der Waals surface area contributed by atoms with Gasteiger partial charge in [-0.1, -0.05) is 39.8 Å². The first-order valence-electron chi connectivity index (χ1n) is 11.3. The highest BCUT2D eigenvalue weighted by atomic mass is 16.3. The highest BCUT2D eigenvalue weighted by Crippen LogP contribution is 2.25. The molecule has 4 heteroatoms. The summed E-state index contributed by atoms with van der Waals surface area (Å²) in [6.45, 7) is 13.9. The molecule has 0 amide bonds. The Bertz CT molecular complexity index is 852. The quantitative estimate of drug-likeness (QED) is 0.362. The lowest BCUT2D eigenvalue weighted by Gasteiger charge is -2.10. The van der Waals surface area contributed by atoms with Crippen molar-refractivity contribution >= 4 is 12.4 Å². The van der Waals surface area contributed by atoms with Gasteiger partial charge in [0.1, 0.15) is 11.5 Å². The molecule has 0 atom stereocenters. The molecule has 0 unspecified atom stereocenters. The van der Waals surface area contributed by atoms with Crippen molar-refractivity contribution in [3.05, 3.63) is 57.6 Å². The van der Waals surface area contributed by atoms with Crippen LogP contribution in [0.25, 0.3) is 0 Å². The molecule has 0 fully saturated rings. The van der Waals surface area contributed by atoms with E-state index in [1.165, 1.54) is 11.1 Å². The lowest BCUT2D eigenvalue weighted by atomic mass is 9.98. The SMILES string of the molecule is Cc1cc(CC(C)C)cc(C=NCCCN=Cc2cc(CC(C)C)cc(C)c2O)c1O. The summed E-state index contributed by atoms with van der Waals surface area (Å²) >= 11 is 0. The van der Waals surface area contributed by atoms with Crippen LogP contribution < -0.4 is 0 Å². The maximum Gasteiger partial charge on any atom is 0.127 e. The van der Waals surface area contributed by atoms with Crippen LogP contribution in [-0.4, -0.2) is 35.7 Å². The van der Waals surface area contributed by atoms with Crippen LogP contribution in [-0.2, 0) is 12.8 Å². The van der Waals surface area contributed by atoms with Crippen LogP contribution in [0.1, 0.15) is 67.5 Å². The van der Waals surface area contributed by atoms with Gasteiger partial charge in [-0.2, -0.15) is 0 Å². The highest BCUT2D eigenvalue weighted by molar-refractivity contribution is 5.85. The molecule has 0 aliphatic carbocycles. The number of nitrogens with zero attached hydrogens (tertiary/aromatic N) is 2. The van der Waals surface area contributed by atoms with Crippen LogP contribution in [0.3, 0.4) is 0 Å². The summed E-state index contributed by atoms with van der Waals surface area (Å²) in [6.07, 6.45) is 6.31. The van der Waals surface area contributed by atoms with Gasteiger partial charge in [0, 0.05) is 36.6 Å². The second-order valence-corrected chi connectivity index (χ2v) is 9.32. The molecule has 0 radical (unpaired) electrons. The van der Waals surface area contributed by atoms with E-state index in [1.54, 1.807) is 12.4 Å². The normalized spacial score (nSPS) is 12.1. The minimum absolute atomic E-state index is 0.307. The van der Waals surface area contributed by atoms with Crippen LogP contribution in [0.4, 0.5) is 0 Å². The lowest BCUT2D eigenvalue weighted by molar-refractivity contribution is 0.469. The Morgan fingerprint density at radius 2 is 1.10 bits per heavy atom. The molecular formula is C27H38N2O2. The van der Waals surface area contributed by atoms with E-state index in [0.29, 0.717) is 36.4 Å². The monoisotopic (exact) mass is 422 g/mol. The van der Waals surface area contributed by atoms with Crippen molar-refractivity contribution in [2.75, 3.05) is 13.1 Å². The molecule has 4 nitrogen and oxygen atoms in total. The number of rotatable bonds is 10. The molecule has 0 heterocycles. The van der Waals surface area contributed by atoms with Gasteiger partial charge in [-0.25, -0.2) is 0 Å². The number of aliphatic imine (C=N–C) groups is 2. The van der Waals surface area contributed by atoms with Gasteiger partial charge in [0.15, 0.2) is 0 Å². The van der Waals surface area contributed by atoms with E-state index in [-0.39, 0.29) is 0 Å². The first-order chi connectivity index (χ1) is 14.7. The van der Waals surface area contributed by atoms with E-state index in [2.05, 4.69) is 49.8 Å². The number of aromatic hydroxyl groups is 2. The number of phenolic OH excluding ortho intramolecular Hbond substituents is 2. The molecule has 0 aliphatic heterocycles. The molecule has 0 aromatic heterocycles. The van der Waals surface area contributed by atoms with Gasteiger partial charge in [0.05, 0.1) is 0 Å². The molecule has 2 aromatic carbocycles. The smallest absolute Gasteiger partial charge is 0.127 e. The van der Waals surface area contributed by atoms with Crippen LogP contribution >= 0.6 is 0 Å². The van der Waals surface area contributed by atoms with Crippen LogP contribution in [0.5, 0.6) is 11.5 Å². The summed E-state index contributed by atoms with van der Waals surface area (Å²) in [7, 11) is 0. The average Bonchev–Trinajstić information content (AvgIpc) is 2.67. The summed E-state index contributed by atoms with van der Waals surface area (Å²) < 4.78 is 0. The van der Waals surface area contributed by atoms with Gasteiger partial charge in [0.25, 0.3) is 0 Å². The third-order valence-corrected chi connectivity index (χ3v) is 5.10. The van der Waals surface area contributed by atoms with Crippen molar-refractivity contribution in [3.63, 3.8) is 0 Å². The molecule has 0 bridgehead atoms. The van der Waals surface area contributed by atoms with Crippen LogP contribution in [0, 0.1) is 25.7 Å². The predicted octanol–water partition coefficient (Wildman–Crippen LogP) is 6.04. The minimum Gasteiger partial charge on any atom is -0.507 e. The Balaban J connectivity index is 1.92. The number of benzene rings is 2. The number of hydrogen-bond acceptors (Lipinski definition) is 4. The van der Waals surface area contributed by atoms with Crippen molar-refractivity contribution in [1.82, 2.24) is 0 Å². The molecule has 0 aliphatic rings. The standard InChI is InChI=1S/C27H38N2O2/c1-18(2)10-22-12-20(5)26(30)24(14-22)16-28-8-7-9-29-17-25-15-23(11-19(3)4)13-21(6)27(25)31/h12-19,30-31H,7-11H2,1-6H3. The topological polar surface area (TPSA) is 65.2 Å². The van der Waals surface area contributed by atoms with Crippen molar-refractivity contribution in [3.8, 4) is 11.5 Å². The fourth-order valence-electron chi connectivity index (χ4n) is 3.72. The van der Waals surface area contributed by atoms with Crippen LogP contribution in [0.2, 0.25) is 0 Å². The summed E-state index contributed by atoms with van der Waals surface area (Å²) in [6, 6.07) is 8.15. The molecule has 2 aromatic rings. The molecule has 2 N–H and O–H groups in total. The first kappa shape index (κ1) is 24.6. The Morgan fingerprint density at radius 3 is 1.45 bits per heavy atom. The summed E-state index contributed by atoms with van der Waals surface area (Å²) in [5, 5.41) is 20.6. The summed E-state index contributed by atoms with van der Waals surface area (Å²) in [5.41, 5.74) is 5.79. The average molecular weight is 423 g/mol. The summed E-state index contributed by atoms with van der Waals surface area (Å²) in [5.74, 6) is 1.75. The van der Waals surface area contributed by atoms with Gasteiger partial charge in [0.2, 0.25) is 0 Å². The Kier molecular flexibility index (Phi) is 9.29. The second kappa shape index (κ2) is 11.7. The summed E-state index contributed by atoms with van der Waals surface area (Å²) in [4.78, 5) is 8.96. The third-order valence-electron chi connectivity index (χ3n) is 5.10. The van der Waals surface area contributed by atoms with E-state index in [0.717, 1.165) is 41.5 Å². The fraction of sp³-hybridized carbons (Fsp3) is 0.481. The zero-order valence-corrected chi connectivity index (χ0v) is 19.9. The van der Waals surface area contributed by atoms with Crippen molar-refractivity contribution < 1.29 is 10.2 Å². The molecule has 31 heavy (non-hydrogen) atoms. The Labute approximate surface area is 187 Å². The van der Waals surface area contributed by atoms with E-state index in [4.69, 9.17) is 0 Å². The molecular weight excluding hydrogens is 384 g/mol. The van der Waals surface area contributed by atoms with E-state index < -0.39 is 0 Å². The van der Waals surface area contributed by atoms with Gasteiger partial charge in [-0.05, 0) is 79.3 Å². The van der Waals surface area contributed by atoms with E-state index >= 15 is 0 Å². The van der Waals surface area contributed by atoms with Gasteiger partial charge in [-0.15, -0.1) is 0 Å². The fourth-order valence-corrected chi connectivity index (χ4v) is 3.72. The molecule has 2 rings (SSSR count). The number of hydrogen-bond donors (Lipinski definition) is 2. The van der Waals surface area contributed by atoms with Gasteiger partial charge >= 0.3 is 0 Å². The second-order valence-electron chi connectivity index (χ2n) is 9.32. The van der Waals surface area contributed by atoms with Crippen molar-refractivity contribution in [2.24, 2.45) is 21.8 Å². The van der Waals surface area contributed by atoms with Gasteiger partial charge < -0.3 is 10.2 Å². The predicted molar refractivity (Wildman–Crippen MR) is 132 cm³/mol. The molecule has 168 valence electrons. The van der Waals surface area contributed by atoms with E-state index in [9.17, 15) is 10.2 Å². The number of aryl methyl sites for hydroxylation is 2. The molecule has 0 saturated carbocycles. The lowest BCUT2D eigenvalue weighted by Crippen LogP contribution is -1.98. The van der Waals surface area contributed by atoms with Crippen LogP contribution in [0.15, 0.2) is 34.3 Å². The number of phenols is 2. The van der Waals surface area contributed by atoms with Crippen molar-refractivity contribution in [1.29, 1.82) is 0 Å². The molecule has 0 saturated heterocycles. The highest BCUT2D eigenvalue weighted by Gasteiger charge is 2.08. The Hall–Kier alpha value is -2.62. The first-order valence-corrected chi connectivity index (χ1v) is 11.3. The minimum atomic E-state index is 0.307. The largest absolute Gasteiger partial charge is 0.507 e. The maximum atomic E-state index is 10.3. The third kappa shape index (κ3) is 7.86. The zero-order valence-electron chi connectivity index (χ0n) is 19.9. The van der Waals surface area contributed by atoms with E-state index in [1.807, 2.05) is 26.0 Å².